The lowest BCUT2D eigenvalue weighted by atomic mass is 10.1. The van der Waals surface area contributed by atoms with Gasteiger partial charge < -0.3 is 4.74 Å². The minimum atomic E-state index is -0.358. The van der Waals surface area contributed by atoms with Crippen LogP contribution < -0.4 is 10.1 Å². The number of carbonyl (C=O) groups excluding carboxylic acids is 2. The van der Waals surface area contributed by atoms with Gasteiger partial charge in [-0.3, -0.25) is 14.9 Å². The topological polar surface area (TPSA) is 68.3 Å². The van der Waals surface area contributed by atoms with Crippen molar-refractivity contribution in [3.63, 3.8) is 0 Å². The summed E-state index contributed by atoms with van der Waals surface area (Å²) in [5.74, 6) is -0.118. The Bertz CT molecular complexity index is 685. The first kappa shape index (κ1) is 15.5. The van der Waals surface area contributed by atoms with E-state index in [1.54, 1.807) is 12.1 Å². The molecule has 110 valence electrons. The molecule has 1 N–H and O–H groups in total. The number of halogens is 1. The first-order chi connectivity index (χ1) is 9.95. The number of carbonyl (C=O) groups is 2. The zero-order valence-corrected chi connectivity index (χ0v) is 13.0. The predicted molar refractivity (Wildman–Crippen MR) is 82.4 cm³/mol. The number of Topliss-reactive ketones (excluding diaryl/α,β-unsaturated/α-hetero) is 1. The van der Waals surface area contributed by atoms with E-state index in [1.165, 1.54) is 24.5 Å². The zero-order valence-electron chi connectivity index (χ0n) is 11.5. The van der Waals surface area contributed by atoms with E-state index in [4.69, 9.17) is 16.3 Å². The van der Waals surface area contributed by atoms with Crippen LogP contribution in [0.4, 0.5) is 5.13 Å². The molecule has 0 aliphatic heterocycles. The molecule has 1 aromatic carbocycles. The quantitative estimate of drug-likeness (QED) is 0.916. The van der Waals surface area contributed by atoms with E-state index in [1.807, 2.05) is 13.0 Å². The predicted octanol–water partition coefficient (Wildman–Crippen LogP) is 3.33. The Morgan fingerprint density at radius 1 is 1.43 bits per heavy atom. The molecule has 0 spiro atoms. The third-order valence-electron chi connectivity index (χ3n) is 2.51. The maximum Gasteiger partial charge on any atom is 0.261 e. The van der Waals surface area contributed by atoms with Gasteiger partial charge in [0.15, 0.2) is 10.9 Å². The molecule has 0 saturated carbocycles. The highest BCUT2D eigenvalue weighted by atomic mass is 35.5. The van der Waals surface area contributed by atoms with Crippen molar-refractivity contribution in [2.75, 3.05) is 11.9 Å². The molecule has 0 saturated heterocycles. The number of aromatic nitrogens is 1. The molecule has 1 heterocycles. The molecule has 0 aliphatic rings. The first-order valence-corrected chi connectivity index (χ1v) is 7.30. The van der Waals surface area contributed by atoms with Crippen LogP contribution in [0.15, 0.2) is 24.4 Å². The second kappa shape index (κ2) is 6.69. The van der Waals surface area contributed by atoms with Crippen LogP contribution in [0.2, 0.25) is 4.34 Å². The smallest absolute Gasteiger partial charge is 0.261 e. The molecule has 0 radical (unpaired) electrons. The van der Waals surface area contributed by atoms with Gasteiger partial charge in [0, 0.05) is 0 Å². The third-order valence-corrected chi connectivity index (χ3v) is 3.54. The molecule has 5 nitrogen and oxygen atoms in total. The molecule has 2 aromatic rings. The number of benzene rings is 1. The summed E-state index contributed by atoms with van der Waals surface area (Å²) in [5.41, 5.74) is 1.26. The summed E-state index contributed by atoms with van der Waals surface area (Å²) in [4.78, 5) is 27.3. The Kier molecular flexibility index (Phi) is 4.93. The number of anilines is 1. The van der Waals surface area contributed by atoms with Crippen molar-refractivity contribution < 1.29 is 14.3 Å². The number of hydrogen-bond donors (Lipinski definition) is 1. The van der Waals surface area contributed by atoms with E-state index >= 15 is 0 Å². The lowest BCUT2D eigenvalue weighted by Gasteiger charge is -2.10. The molecule has 1 aromatic heterocycles. The van der Waals surface area contributed by atoms with Crippen LogP contribution in [0.5, 0.6) is 5.75 Å². The highest BCUT2D eigenvalue weighted by Gasteiger charge is 2.15. The summed E-state index contributed by atoms with van der Waals surface area (Å²) in [5, 5.41) is 3.06. The maximum absolute atomic E-state index is 12.3. The molecule has 0 bridgehead atoms. The maximum atomic E-state index is 12.3. The standard InChI is InChI=1S/C14H13ClN2O3S/c1-8-3-4-11(20-7-9(2)18)10(5-8)13(19)17-14-16-6-12(15)21-14/h3-6H,7H2,1-2H3,(H,16,17,19). The van der Waals surface area contributed by atoms with Crippen molar-refractivity contribution in [3.05, 3.63) is 39.9 Å². The number of thiazole rings is 1. The molecule has 7 heteroatoms. The van der Waals surface area contributed by atoms with Gasteiger partial charge in [0.2, 0.25) is 0 Å². The molecule has 0 atom stereocenters. The SMILES string of the molecule is CC(=O)COc1ccc(C)cc1C(=O)Nc1ncc(Cl)s1. The van der Waals surface area contributed by atoms with Gasteiger partial charge in [-0.05, 0) is 26.0 Å². The van der Waals surface area contributed by atoms with Crippen LogP contribution in [0.3, 0.4) is 0 Å². The summed E-state index contributed by atoms with van der Waals surface area (Å²) < 4.78 is 5.85. The molecule has 0 unspecified atom stereocenters. The summed E-state index contributed by atoms with van der Waals surface area (Å²) in [7, 11) is 0. The van der Waals surface area contributed by atoms with Gasteiger partial charge in [0.05, 0.1) is 11.8 Å². The van der Waals surface area contributed by atoms with Crippen molar-refractivity contribution in [3.8, 4) is 5.75 Å². The summed E-state index contributed by atoms with van der Waals surface area (Å²) >= 11 is 6.94. The Hall–Kier alpha value is -1.92. The van der Waals surface area contributed by atoms with Gasteiger partial charge in [-0.15, -0.1) is 0 Å². The highest BCUT2D eigenvalue weighted by Crippen LogP contribution is 2.25. The molecule has 0 aliphatic carbocycles. The number of ether oxygens (including phenoxy) is 1. The van der Waals surface area contributed by atoms with Gasteiger partial charge in [0.25, 0.3) is 5.91 Å². The summed E-state index contributed by atoms with van der Waals surface area (Å²) in [6.45, 7) is 3.21. The minimum Gasteiger partial charge on any atom is -0.485 e. The molecular weight excluding hydrogens is 312 g/mol. The van der Waals surface area contributed by atoms with Crippen LogP contribution >= 0.6 is 22.9 Å². The average molecular weight is 325 g/mol. The van der Waals surface area contributed by atoms with Crippen molar-refractivity contribution >= 4 is 39.8 Å². The number of hydrogen-bond acceptors (Lipinski definition) is 5. The fourth-order valence-electron chi connectivity index (χ4n) is 1.60. The Morgan fingerprint density at radius 3 is 2.81 bits per heavy atom. The number of rotatable bonds is 5. The lowest BCUT2D eigenvalue weighted by molar-refractivity contribution is -0.118. The number of nitrogens with one attached hydrogen (secondary N) is 1. The van der Waals surface area contributed by atoms with Gasteiger partial charge in [0.1, 0.15) is 16.7 Å². The van der Waals surface area contributed by atoms with E-state index in [0.29, 0.717) is 20.8 Å². The van der Waals surface area contributed by atoms with Crippen LogP contribution in [-0.4, -0.2) is 23.3 Å². The monoisotopic (exact) mass is 324 g/mol. The second-order valence-corrected chi connectivity index (χ2v) is 6.08. The number of ketones is 1. The molecule has 1 amide bonds. The van der Waals surface area contributed by atoms with Crippen molar-refractivity contribution in [2.45, 2.75) is 13.8 Å². The second-order valence-electron chi connectivity index (χ2n) is 4.41. The van der Waals surface area contributed by atoms with E-state index in [9.17, 15) is 9.59 Å². The number of amides is 1. The Balaban J connectivity index is 2.21. The van der Waals surface area contributed by atoms with Crippen molar-refractivity contribution in [1.82, 2.24) is 4.98 Å². The minimum absolute atomic E-state index is 0.0770. The molecule has 2 rings (SSSR count). The van der Waals surface area contributed by atoms with Gasteiger partial charge in [-0.25, -0.2) is 4.98 Å². The zero-order chi connectivity index (χ0) is 15.4. The normalized spacial score (nSPS) is 10.2. The molecular formula is C14H13ClN2O3S. The highest BCUT2D eigenvalue weighted by molar-refractivity contribution is 7.19. The van der Waals surface area contributed by atoms with E-state index in [2.05, 4.69) is 10.3 Å². The van der Waals surface area contributed by atoms with Crippen LogP contribution in [0.25, 0.3) is 0 Å². The fourth-order valence-corrected chi connectivity index (χ4v) is 2.41. The molecule has 0 fully saturated rings. The lowest BCUT2D eigenvalue weighted by Crippen LogP contribution is -2.15. The summed E-state index contributed by atoms with van der Waals surface area (Å²) in [6.07, 6.45) is 1.46. The Labute approximate surface area is 130 Å². The van der Waals surface area contributed by atoms with Crippen LogP contribution in [0, 0.1) is 6.92 Å². The van der Waals surface area contributed by atoms with Gasteiger partial charge >= 0.3 is 0 Å². The van der Waals surface area contributed by atoms with Gasteiger partial charge in [-0.1, -0.05) is 34.6 Å². The van der Waals surface area contributed by atoms with Crippen LogP contribution in [-0.2, 0) is 4.79 Å². The van der Waals surface area contributed by atoms with Crippen molar-refractivity contribution in [2.24, 2.45) is 0 Å². The van der Waals surface area contributed by atoms with Crippen molar-refractivity contribution in [1.29, 1.82) is 0 Å². The number of nitrogens with zero attached hydrogens (tertiary/aromatic N) is 1. The van der Waals surface area contributed by atoms with E-state index in [-0.39, 0.29) is 18.3 Å². The third kappa shape index (κ3) is 4.27. The molecule has 21 heavy (non-hydrogen) atoms. The largest absolute Gasteiger partial charge is 0.485 e. The average Bonchev–Trinajstić information content (AvgIpc) is 2.82. The van der Waals surface area contributed by atoms with E-state index < -0.39 is 0 Å². The summed E-state index contributed by atoms with van der Waals surface area (Å²) in [6, 6.07) is 5.18. The van der Waals surface area contributed by atoms with Crippen LogP contribution in [0.1, 0.15) is 22.8 Å². The Morgan fingerprint density at radius 2 is 2.19 bits per heavy atom. The van der Waals surface area contributed by atoms with E-state index in [0.717, 1.165) is 5.56 Å². The first-order valence-electron chi connectivity index (χ1n) is 6.11. The fraction of sp³-hybridized carbons (Fsp3) is 0.214. The number of aryl methyl sites for hydroxylation is 1. The van der Waals surface area contributed by atoms with Gasteiger partial charge in [-0.2, -0.15) is 0 Å².